The average molecular weight is 436 g/mol. The molecular formula is C24H19F3N4O. The van der Waals surface area contributed by atoms with Gasteiger partial charge in [-0.2, -0.15) is 13.2 Å². The molecule has 5 nitrogen and oxygen atoms in total. The second-order valence-electron chi connectivity index (χ2n) is 7.20. The van der Waals surface area contributed by atoms with Gasteiger partial charge in [0.05, 0.1) is 5.56 Å². The molecule has 0 aliphatic carbocycles. The third-order valence-electron chi connectivity index (χ3n) is 4.74. The molecular weight excluding hydrogens is 417 g/mol. The van der Waals surface area contributed by atoms with Crippen LogP contribution in [0.15, 0.2) is 79.6 Å². The molecule has 0 unspecified atom stereocenters. The zero-order valence-corrected chi connectivity index (χ0v) is 17.0. The number of hydrogen-bond acceptors (Lipinski definition) is 5. The van der Waals surface area contributed by atoms with Gasteiger partial charge < -0.3 is 4.74 Å². The molecule has 0 N–H and O–H groups in total. The van der Waals surface area contributed by atoms with Crippen LogP contribution in [0.25, 0.3) is 0 Å². The number of hydrogen-bond donors (Lipinski definition) is 0. The van der Waals surface area contributed by atoms with E-state index in [0.29, 0.717) is 18.6 Å². The quantitative estimate of drug-likeness (QED) is 0.385. The van der Waals surface area contributed by atoms with Crippen molar-refractivity contribution in [2.75, 3.05) is 0 Å². The number of aryl methyl sites for hydroxylation is 2. The summed E-state index contributed by atoms with van der Waals surface area (Å²) < 4.78 is 44.1. The van der Waals surface area contributed by atoms with E-state index in [1.807, 2.05) is 12.1 Å². The zero-order valence-electron chi connectivity index (χ0n) is 17.0. The van der Waals surface area contributed by atoms with Crippen LogP contribution in [-0.2, 0) is 25.4 Å². The third kappa shape index (κ3) is 5.87. The Kier molecular flexibility index (Phi) is 6.39. The third-order valence-corrected chi connectivity index (χ3v) is 4.74. The van der Waals surface area contributed by atoms with Crippen LogP contribution >= 0.6 is 0 Å². The van der Waals surface area contributed by atoms with Gasteiger partial charge in [0.15, 0.2) is 0 Å². The van der Waals surface area contributed by atoms with Crippen LogP contribution in [0.1, 0.15) is 28.1 Å². The second-order valence-corrected chi connectivity index (χ2v) is 7.20. The van der Waals surface area contributed by atoms with Crippen molar-refractivity contribution < 1.29 is 17.9 Å². The number of halogens is 3. The molecule has 4 rings (SSSR count). The van der Waals surface area contributed by atoms with Crippen LogP contribution in [0.5, 0.6) is 11.5 Å². The van der Waals surface area contributed by atoms with Crippen molar-refractivity contribution in [3.05, 3.63) is 108 Å². The Morgan fingerprint density at radius 1 is 0.719 bits per heavy atom. The van der Waals surface area contributed by atoms with Gasteiger partial charge in [0.1, 0.15) is 23.7 Å². The van der Waals surface area contributed by atoms with E-state index < -0.39 is 11.7 Å². The number of alkyl halides is 3. The molecule has 0 radical (unpaired) electrons. The summed E-state index contributed by atoms with van der Waals surface area (Å²) in [6.07, 6.45) is 6.31. The maximum Gasteiger partial charge on any atom is 0.416 e. The molecule has 2 aromatic carbocycles. The van der Waals surface area contributed by atoms with Gasteiger partial charge in [-0.15, -0.1) is 0 Å². The van der Waals surface area contributed by atoms with Crippen molar-refractivity contribution in [1.82, 2.24) is 19.9 Å². The van der Waals surface area contributed by atoms with E-state index in [2.05, 4.69) is 19.9 Å². The molecule has 4 aromatic rings. The highest BCUT2D eigenvalue weighted by molar-refractivity contribution is 5.36. The van der Waals surface area contributed by atoms with E-state index >= 15 is 0 Å². The Morgan fingerprint density at radius 3 is 2.09 bits per heavy atom. The Labute approximate surface area is 183 Å². The maximum absolute atomic E-state index is 12.8. The van der Waals surface area contributed by atoms with Crippen molar-refractivity contribution in [3.63, 3.8) is 0 Å². The van der Waals surface area contributed by atoms with E-state index in [9.17, 15) is 13.2 Å². The molecule has 8 heteroatoms. The van der Waals surface area contributed by atoms with Crippen LogP contribution in [0.2, 0.25) is 0 Å². The van der Waals surface area contributed by atoms with Crippen molar-refractivity contribution in [3.8, 4) is 11.5 Å². The summed E-state index contributed by atoms with van der Waals surface area (Å²) in [4.78, 5) is 16.8. The van der Waals surface area contributed by atoms with Gasteiger partial charge in [-0.3, -0.25) is 0 Å². The average Bonchev–Trinajstić information content (AvgIpc) is 2.80. The van der Waals surface area contributed by atoms with E-state index in [0.717, 1.165) is 41.1 Å². The minimum Gasteiger partial charge on any atom is -0.457 e. The monoisotopic (exact) mass is 436 g/mol. The molecule has 0 aliphatic rings. The first-order valence-electron chi connectivity index (χ1n) is 9.93. The highest BCUT2D eigenvalue weighted by Gasteiger charge is 2.30. The largest absolute Gasteiger partial charge is 0.457 e. The lowest BCUT2D eigenvalue weighted by molar-refractivity contribution is -0.137. The zero-order chi connectivity index (χ0) is 22.4. The van der Waals surface area contributed by atoms with Crippen molar-refractivity contribution in [2.45, 2.75) is 25.4 Å². The van der Waals surface area contributed by atoms with Gasteiger partial charge in [-0.05, 0) is 53.4 Å². The van der Waals surface area contributed by atoms with Crippen LogP contribution in [0.3, 0.4) is 0 Å². The summed E-state index contributed by atoms with van der Waals surface area (Å²) in [5.74, 6) is 1.35. The van der Waals surface area contributed by atoms with Crippen LogP contribution in [-0.4, -0.2) is 19.9 Å². The predicted octanol–water partition coefficient (Wildman–Crippen LogP) is 5.45. The lowest BCUT2D eigenvalue weighted by atomic mass is 10.1. The Bertz CT molecular complexity index is 1150. The minimum absolute atomic E-state index is 0.142. The van der Waals surface area contributed by atoms with Crippen molar-refractivity contribution in [1.29, 1.82) is 0 Å². The first-order chi connectivity index (χ1) is 15.5. The standard InChI is InChI=1S/C24H19F3N4O/c25-24(26,27)20-2-1-3-22(11-20)32-21-7-4-17(5-8-21)6-9-23-30-14-19(15-31-23)10-18-12-28-16-29-13-18/h1-5,7-8,11-16H,6,9-10H2. The molecule has 0 bridgehead atoms. The van der Waals surface area contributed by atoms with Gasteiger partial charge in [0.25, 0.3) is 0 Å². The molecule has 2 heterocycles. The fourth-order valence-corrected chi connectivity index (χ4v) is 3.11. The molecule has 2 aromatic heterocycles. The summed E-state index contributed by atoms with van der Waals surface area (Å²) in [6, 6.07) is 12.1. The first-order valence-corrected chi connectivity index (χ1v) is 9.93. The summed E-state index contributed by atoms with van der Waals surface area (Å²) >= 11 is 0. The Morgan fingerprint density at radius 2 is 1.41 bits per heavy atom. The highest BCUT2D eigenvalue weighted by Crippen LogP contribution is 2.32. The molecule has 0 saturated carbocycles. The van der Waals surface area contributed by atoms with Gasteiger partial charge in [-0.1, -0.05) is 18.2 Å². The fraction of sp³-hybridized carbons (Fsp3) is 0.167. The van der Waals surface area contributed by atoms with E-state index in [1.54, 1.807) is 36.9 Å². The summed E-state index contributed by atoms with van der Waals surface area (Å²) in [5.41, 5.74) is 2.29. The van der Waals surface area contributed by atoms with E-state index in [4.69, 9.17) is 4.74 Å². The number of ether oxygens (including phenoxy) is 1. The van der Waals surface area contributed by atoms with Crippen molar-refractivity contribution in [2.24, 2.45) is 0 Å². The first kappa shape index (κ1) is 21.4. The summed E-state index contributed by atoms with van der Waals surface area (Å²) in [7, 11) is 0. The lowest BCUT2D eigenvalue weighted by Gasteiger charge is -2.10. The molecule has 0 aliphatic heterocycles. The molecule has 0 saturated heterocycles. The summed E-state index contributed by atoms with van der Waals surface area (Å²) in [5, 5.41) is 0. The van der Waals surface area contributed by atoms with Gasteiger partial charge >= 0.3 is 6.18 Å². The molecule has 162 valence electrons. The van der Waals surface area contributed by atoms with Gasteiger partial charge in [-0.25, -0.2) is 19.9 Å². The lowest BCUT2D eigenvalue weighted by Crippen LogP contribution is -2.04. The Hall–Kier alpha value is -3.81. The maximum atomic E-state index is 12.8. The molecule has 32 heavy (non-hydrogen) atoms. The molecule has 0 atom stereocenters. The minimum atomic E-state index is -4.40. The van der Waals surface area contributed by atoms with Gasteiger partial charge in [0, 0.05) is 37.6 Å². The van der Waals surface area contributed by atoms with Crippen LogP contribution < -0.4 is 4.74 Å². The van der Waals surface area contributed by atoms with E-state index in [-0.39, 0.29) is 5.75 Å². The predicted molar refractivity (Wildman–Crippen MR) is 112 cm³/mol. The molecule has 0 fully saturated rings. The van der Waals surface area contributed by atoms with E-state index in [1.165, 1.54) is 18.5 Å². The number of benzene rings is 2. The second kappa shape index (κ2) is 9.55. The van der Waals surface area contributed by atoms with Crippen LogP contribution in [0, 0.1) is 0 Å². The number of aromatic nitrogens is 4. The fourth-order valence-electron chi connectivity index (χ4n) is 3.11. The van der Waals surface area contributed by atoms with Gasteiger partial charge in [0.2, 0.25) is 0 Å². The van der Waals surface area contributed by atoms with Crippen molar-refractivity contribution >= 4 is 0 Å². The highest BCUT2D eigenvalue weighted by atomic mass is 19.4. The molecule has 0 amide bonds. The number of rotatable bonds is 7. The van der Waals surface area contributed by atoms with Crippen LogP contribution in [0.4, 0.5) is 13.2 Å². The normalized spacial score (nSPS) is 11.3. The smallest absolute Gasteiger partial charge is 0.416 e. The summed E-state index contributed by atoms with van der Waals surface area (Å²) in [6.45, 7) is 0. The Balaban J connectivity index is 1.31. The topological polar surface area (TPSA) is 60.8 Å². The SMILES string of the molecule is FC(F)(F)c1cccc(Oc2ccc(CCc3ncc(Cc4cncnc4)cn3)cc2)c1. The number of nitrogens with zero attached hydrogens (tertiary/aromatic N) is 4. The molecule has 0 spiro atoms.